The zero-order chi connectivity index (χ0) is 16.7. The van der Waals surface area contributed by atoms with Gasteiger partial charge in [0.2, 0.25) is 5.91 Å². The van der Waals surface area contributed by atoms with Crippen molar-refractivity contribution in [1.82, 2.24) is 10.3 Å². The van der Waals surface area contributed by atoms with Gasteiger partial charge in [-0.1, -0.05) is 37.3 Å². The van der Waals surface area contributed by atoms with E-state index in [1.807, 2.05) is 42.6 Å². The van der Waals surface area contributed by atoms with Crippen LogP contribution >= 0.6 is 11.3 Å². The Morgan fingerprint density at radius 3 is 2.78 bits per heavy atom. The van der Waals surface area contributed by atoms with Crippen LogP contribution in [0.4, 0.5) is 0 Å². The number of nitrogens with one attached hydrogen (secondary N) is 1. The quantitative estimate of drug-likeness (QED) is 0.687. The number of thiazole rings is 1. The number of hydrogen-bond donors (Lipinski definition) is 3. The Kier molecular flexibility index (Phi) is 6.70. The van der Waals surface area contributed by atoms with Gasteiger partial charge in [0, 0.05) is 5.38 Å². The van der Waals surface area contributed by atoms with E-state index >= 15 is 0 Å². The molecule has 23 heavy (non-hydrogen) atoms. The lowest BCUT2D eigenvalue weighted by atomic mass is 10.1. The summed E-state index contributed by atoms with van der Waals surface area (Å²) in [6.45, 7) is 1.87. The summed E-state index contributed by atoms with van der Waals surface area (Å²) in [5.41, 5.74) is 8.10. The van der Waals surface area contributed by atoms with Gasteiger partial charge in [-0.3, -0.25) is 4.79 Å². The van der Waals surface area contributed by atoms with Gasteiger partial charge in [0.1, 0.15) is 5.01 Å². The Labute approximate surface area is 140 Å². The molecule has 2 unspecified atom stereocenters. The summed E-state index contributed by atoms with van der Waals surface area (Å²) in [6.07, 6.45) is 1.64. The SMILES string of the molecule is CCC(CO)NC(=O)Cc1csc(C(N)Cc2ccccc2)n1. The van der Waals surface area contributed by atoms with Crippen LogP contribution in [0.5, 0.6) is 0 Å². The van der Waals surface area contributed by atoms with Crippen LogP contribution in [-0.4, -0.2) is 28.6 Å². The third-order valence-electron chi connectivity index (χ3n) is 3.61. The first-order chi connectivity index (χ1) is 11.1. The van der Waals surface area contributed by atoms with E-state index in [2.05, 4.69) is 10.3 Å². The number of amides is 1. The number of rotatable bonds is 8. The first-order valence-corrected chi connectivity index (χ1v) is 8.64. The Morgan fingerprint density at radius 1 is 1.39 bits per heavy atom. The number of carbonyl (C=O) groups excluding carboxylic acids is 1. The van der Waals surface area contributed by atoms with Crippen molar-refractivity contribution in [3.8, 4) is 0 Å². The Morgan fingerprint density at radius 2 is 2.13 bits per heavy atom. The van der Waals surface area contributed by atoms with Gasteiger partial charge in [-0.25, -0.2) is 4.98 Å². The van der Waals surface area contributed by atoms with E-state index in [0.717, 1.165) is 17.1 Å². The summed E-state index contributed by atoms with van der Waals surface area (Å²) in [4.78, 5) is 16.4. The Bertz CT molecular complexity index is 611. The monoisotopic (exact) mass is 333 g/mol. The van der Waals surface area contributed by atoms with Gasteiger partial charge >= 0.3 is 0 Å². The third-order valence-corrected chi connectivity index (χ3v) is 4.63. The molecule has 0 bridgehead atoms. The van der Waals surface area contributed by atoms with Crippen molar-refractivity contribution in [1.29, 1.82) is 0 Å². The van der Waals surface area contributed by atoms with Gasteiger partial charge in [0.25, 0.3) is 0 Å². The molecule has 1 aromatic heterocycles. The van der Waals surface area contributed by atoms with Crippen molar-refractivity contribution in [2.75, 3.05) is 6.61 Å². The van der Waals surface area contributed by atoms with E-state index in [4.69, 9.17) is 10.8 Å². The number of nitrogens with two attached hydrogens (primary N) is 1. The average molecular weight is 333 g/mol. The van der Waals surface area contributed by atoms with Crippen molar-refractivity contribution < 1.29 is 9.90 Å². The number of aromatic nitrogens is 1. The van der Waals surface area contributed by atoms with Crippen LogP contribution in [0, 0.1) is 0 Å². The lowest BCUT2D eigenvalue weighted by Crippen LogP contribution is -2.37. The van der Waals surface area contributed by atoms with Crippen molar-refractivity contribution in [2.45, 2.75) is 38.3 Å². The molecule has 124 valence electrons. The van der Waals surface area contributed by atoms with E-state index < -0.39 is 0 Å². The lowest BCUT2D eigenvalue weighted by molar-refractivity contribution is -0.121. The molecule has 1 aromatic carbocycles. The number of benzene rings is 1. The van der Waals surface area contributed by atoms with Crippen LogP contribution in [0.1, 0.15) is 35.7 Å². The highest BCUT2D eigenvalue weighted by Crippen LogP contribution is 2.20. The van der Waals surface area contributed by atoms with E-state index in [1.54, 1.807) is 0 Å². The predicted octanol–water partition coefficient (Wildman–Crippen LogP) is 1.82. The number of aliphatic hydroxyl groups is 1. The van der Waals surface area contributed by atoms with Crippen molar-refractivity contribution in [3.05, 3.63) is 52.0 Å². The Balaban J connectivity index is 1.91. The largest absolute Gasteiger partial charge is 0.394 e. The van der Waals surface area contributed by atoms with Gasteiger partial charge in [0.15, 0.2) is 0 Å². The van der Waals surface area contributed by atoms with Gasteiger partial charge in [-0.05, 0) is 18.4 Å². The molecular weight excluding hydrogens is 310 g/mol. The van der Waals surface area contributed by atoms with Gasteiger partial charge in [-0.2, -0.15) is 0 Å². The molecular formula is C17H23N3O2S. The van der Waals surface area contributed by atoms with E-state index in [1.165, 1.54) is 16.9 Å². The highest BCUT2D eigenvalue weighted by Gasteiger charge is 2.15. The molecule has 0 saturated carbocycles. The zero-order valence-electron chi connectivity index (χ0n) is 13.2. The molecule has 2 aromatic rings. The summed E-state index contributed by atoms with van der Waals surface area (Å²) >= 11 is 1.48. The van der Waals surface area contributed by atoms with Crippen LogP contribution in [0.2, 0.25) is 0 Å². The second-order valence-electron chi connectivity index (χ2n) is 5.51. The minimum absolute atomic E-state index is 0.0491. The lowest BCUT2D eigenvalue weighted by Gasteiger charge is -2.13. The normalized spacial score (nSPS) is 13.5. The maximum absolute atomic E-state index is 11.9. The molecule has 2 atom stereocenters. The molecule has 4 N–H and O–H groups in total. The number of carbonyl (C=O) groups is 1. The molecule has 0 saturated heterocycles. The summed E-state index contributed by atoms with van der Waals surface area (Å²) in [5.74, 6) is -0.126. The fourth-order valence-electron chi connectivity index (χ4n) is 2.25. The molecule has 0 radical (unpaired) electrons. The molecule has 0 aliphatic carbocycles. The van der Waals surface area contributed by atoms with Crippen LogP contribution < -0.4 is 11.1 Å². The van der Waals surface area contributed by atoms with Gasteiger partial charge in [-0.15, -0.1) is 11.3 Å². The van der Waals surface area contributed by atoms with Gasteiger partial charge < -0.3 is 16.2 Å². The topological polar surface area (TPSA) is 88.2 Å². The number of hydrogen-bond acceptors (Lipinski definition) is 5. The highest BCUT2D eigenvalue weighted by atomic mass is 32.1. The van der Waals surface area contributed by atoms with Crippen LogP contribution in [0.25, 0.3) is 0 Å². The number of aliphatic hydroxyl groups excluding tert-OH is 1. The molecule has 1 heterocycles. The van der Waals surface area contributed by atoms with E-state index in [-0.39, 0.29) is 31.0 Å². The predicted molar refractivity (Wildman–Crippen MR) is 92.2 cm³/mol. The van der Waals surface area contributed by atoms with Gasteiger partial charge in [0.05, 0.1) is 30.8 Å². The zero-order valence-corrected chi connectivity index (χ0v) is 14.1. The standard InChI is InChI=1S/C17H23N3O2S/c1-2-13(10-21)19-16(22)9-14-11-23-17(20-14)15(18)8-12-6-4-3-5-7-12/h3-7,11,13,15,21H,2,8-10,18H2,1H3,(H,19,22). The molecule has 2 rings (SSSR count). The Hall–Kier alpha value is -1.76. The molecule has 5 nitrogen and oxygen atoms in total. The van der Waals surface area contributed by atoms with Crippen molar-refractivity contribution in [2.24, 2.45) is 5.73 Å². The maximum atomic E-state index is 11.9. The smallest absolute Gasteiger partial charge is 0.226 e. The molecule has 0 fully saturated rings. The number of nitrogens with zero attached hydrogens (tertiary/aromatic N) is 1. The van der Waals surface area contributed by atoms with Crippen molar-refractivity contribution >= 4 is 17.2 Å². The molecule has 1 amide bonds. The van der Waals surface area contributed by atoms with E-state index in [0.29, 0.717) is 6.42 Å². The van der Waals surface area contributed by atoms with E-state index in [9.17, 15) is 4.79 Å². The highest BCUT2D eigenvalue weighted by molar-refractivity contribution is 7.09. The maximum Gasteiger partial charge on any atom is 0.226 e. The minimum Gasteiger partial charge on any atom is -0.394 e. The van der Waals surface area contributed by atoms with Crippen molar-refractivity contribution in [3.63, 3.8) is 0 Å². The third kappa shape index (κ3) is 5.42. The summed E-state index contributed by atoms with van der Waals surface area (Å²) in [6, 6.07) is 9.69. The minimum atomic E-state index is -0.194. The van der Waals surface area contributed by atoms with Crippen LogP contribution in [0.3, 0.4) is 0 Å². The summed E-state index contributed by atoms with van der Waals surface area (Å²) in [7, 11) is 0. The molecule has 6 heteroatoms. The second kappa shape index (κ2) is 8.76. The van der Waals surface area contributed by atoms with Crippen LogP contribution in [-0.2, 0) is 17.6 Å². The molecule has 0 spiro atoms. The second-order valence-corrected chi connectivity index (χ2v) is 6.40. The van der Waals surface area contributed by atoms with Crippen LogP contribution in [0.15, 0.2) is 35.7 Å². The first kappa shape index (κ1) is 17.6. The summed E-state index contributed by atoms with van der Waals surface area (Å²) < 4.78 is 0. The fraction of sp³-hybridized carbons (Fsp3) is 0.412. The molecule has 0 aliphatic rings. The summed E-state index contributed by atoms with van der Waals surface area (Å²) in [5, 5.41) is 14.6. The molecule has 0 aliphatic heterocycles. The fourth-order valence-corrected chi connectivity index (χ4v) is 3.07. The average Bonchev–Trinajstić information content (AvgIpc) is 3.02. The first-order valence-electron chi connectivity index (χ1n) is 7.76.